The number of aromatic nitrogens is 2. The molecule has 3 amide bonds. The number of nitrogens with zero attached hydrogens (tertiary/aromatic N) is 4. The van der Waals surface area contributed by atoms with Crippen molar-refractivity contribution < 1.29 is 24.0 Å². The fraction of sp³-hybridized carbons (Fsp3) is 0.708. The van der Waals surface area contributed by atoms with Crippen LogP contribution in [0.25, 0.3) is 0 Å². The third-order valence-electron chi connectivity index (χ3n) is 6.50. The molecule has 0 aromatic carbocycles. The van der Waals surface area contributed by atoms with E-state index < -0.39 is 17.7 Å². The molecule has 0 saturated heterocycles. The van der Waals surface area contributed by atoms with Gasteiger partial charge in [-0.15, -0.1) is 0 Å². The second kappa shape index (κ2) is 13.3. The van der Waals surface area contributed by atoms with E-state index in [0.29, 0.717) is 36.1 Å². The first kappa shape index (κ1) is 27.6. The number of nitrogens with one attached hydrogen (secondary N) is 1. The molecular formula is C24H38FN5O4. The molecule has 1 saturated carbocycles. The summed E-state index contributed by atoms with van der Waals surface area (Å²) in [5.74, 6) is -1.27. The predicted molar refractivity (Wildman–Crippen MR) is 124 cm³/mol. The average molecular weight is 480 g/mol. The Labute approximate surface area is 201 Å². The Morgan fingerprint density at radius 2 is 1.82 bits per heavy atom. The topological polar surface area (TPSA) is 116 Å². The minimum atomic E-state index is -0.619. The van der Waals surface area contributed by atoms with Crippen LogP contribution >= 0.6 is 0 Å². The standard InChI is InChI=1S/C24H38FN5O4/c1-5-17(24(33)29(3)4)12-19-22(25)20(28-21(6-2)27-19)13-26-23(32)18(14-30(34)15-31)11-16-9-7-8-10-16/h15-18,34H,5-14H2,1-4H3,(H,26,32)/t17-,18-/m1/s1. The van der Waals surface area contributed by atoms with E-state index in [0.717, 1.165) is 25.7 Å². The summed E-state index contributed by atoms with van der Waals surface area (Å²) < 4.78 is 15.3. The Balaban J connectivity index is 2.17. The molecule has 1 heterocycles. The quantitative estimate of drug-likeness (QED) is 0.255. The number of amides is 3. The largest absolute Gasteiger partial charge is 0.350 e. The fourth-order valence-corrected chi connectivity index (χ4v) is 4.51. The summed E-state index contributed by atoms with van der Waals surface area (Å²) in [5.41, 5.74) is 0.237. The molecule has 1 aromatic rings. The van der Waals surface area contributed by atoms with Crippen molar-refractivity contribution in [3.8, 4) is 0 Å². The fourth-order valence-electron chi connectivity index (χ4n) is 4.51. The molecule has 9 nitrogen and oxygen atoms in total. The second-order valence-electron chi connectivity index (χ2n) is 9.27. The van der Waals surface area contributed by atoms with Crippen LogP contribution in [-0.4, -0.2) is 64.0 Å². The minimum absolute atomic E-state index is 0.0678. The maximum absolute atomic E-state index is 15.3. The summed E-state index contributed by atoms with van der Waals surface area (Å²) >= 11 is 0. The van der Waals surface area contributed by atoms with Crippen LogP contribution in [0.4, 0.5) is 4.39 Å². The smallest absolute Gasteiger partial charge is 0.233 e. The van der Waals surface area contributed by atoms with Crippen molar-refractivity contribution in [1.29, 1.82) is 0 Å². The third kappa shape index (κ3) is 7.72. The number of rotatable bonds is 13. The summed E-state index contributed by atoms with van der Waals surface area (Å²) in [7, 11) is 3.33. The molecule has 34 heavy (non-hydrogen) atoms. The van der Waals surface area contributed by atoms with E-state index in [-0.39, 0.29) is 49.1 Å². The van der Waals surface area contributed by atoms with Gasteiger partial charge in [0.2, 0.25) is 18.2 Å². The number of hydroxylamine groups is 2. The van der Waals surface area contributed by atoms with Gasteiger partial charge in [0.25, 0.3) is 0 Å². The maximum Gasteiger partial charge on any atom is 0.233 e. The highest BCUT2D eigenvalue weighted by Gasteiger charge is 2.28. The predicted octanol–water partition coefficient (Wildman–Crippen LogP) is 2.50. The lowest BCUT2D eigenvalue weighted by Crippen LogP contribution is -2.38. The van der Waals surface area contributed by atoms with Gasteiger partial charge in [-0.3, -0.25) is 19.6 Å². The van der Waals surface area contributed by atoms with E-state index in [1.807, 2.05) is 13.8 Å². The van der Waals surface area contributed by atoms with Crippen LogP contribution in [0.15, 0.2) is 0 Å². The number of halogens is 1. The Bertz CT molecular complexity index is 845. The van der Waals surface area contributed by atoms with Crippen LogP contribution in [-0.2, 0) is 33.8 Å². The van der Waals surface area contributed by atoms with Crippen LogP contribution in [0, 0.1) is 23.6 Å². The summed E-state index contributed by atoms with van der Waals surface area (Å²) in [6.45, 7) is 3.48. The monoisotopic (exact) mass is 479 g/mol. The second-order valence-corrected chi connectivity index (χ2v) is 9.27. The zero-order valence-corrected chi connectivity index (χ0v) is 20.7. The SMILES string of the molecule is CCc1nc(CNC(=O)[C@H](CC2CCCC2)CN(O)C=O)c(F)c(C[C@@H](CC)C(=O)N(C)C)n1. The molecule has 0 radical (unpaired) electrons. The number of hydrogen-bond donors (Lipinski definition) is 2. The zero-order chi connectivity index (χ0) is 25.3. The van der Waals surface area contributed by atoms with Crippen molar-refractivity contribution in [3.05, 3.63) is 23.0 Å². The van der Waals surface area contributed by atoms with E-state index in [1.165, 1.54) is 4.90 Å². The van der Waals surface area contributed by atoms with E-state index in [9.17, 15) is 19.6 Å². The van der Waals surface area contributed by atoms with Gasteiger partial charge in [-0.05, 0) is 18.8 Å². The van der Waals surface area contributed by atoms with Gasteiger partial charge in [0.1, 0.15) is 5.82 Å². The molecule has 2 atom stereocenters. The van der Waals surface area contributed by atoms with E-state index in [4.69, 9.17) is 0 Å². The van der Waals surface area contributed by atoms with Gasteiger partial charge in [0.15, 0.2) is 5.82 Å². The number of carbonyl (C=O) groups is 3. The first-order valence-corrected chi connectivity index (χ1v) is 12.1. The normalized spacial score (nSPS) is 15.6. The van der Waals surface area contributed by atoms with Gasteiger partial charge < -0.3 is 10.2 Å². The van der Waals surface area contributed by atoms with Crippen molar-refractivity contribution in [3.63, 3.8) is 0 Å². The van der Waals surface area contributed by atoms with E-state index in [2.05, 4.69) is 15.3 Å². The summed E-state index contributed by atoms with van der Waals surface area (Å²) in [6, 6.07) is 0. The lowest BCUT2D eigenvalue weighted by molar-refractivity contribution is -0.155. The van der Waals surface area contributed by atoms with Crippen LogP contribution in [0.1, 0.15) is 69.6 Å². The first-order valence-electron chi connectivity index (χ1n) is 12.1. The van der Waals surface area contributed by atoms with Crippen molar-refractivity contribution in [2.45, 2.75) is 71.8 Å². The molecule has 0 unspecified atom stereocenters. The lowest BCUT2D eigenvalue weighted by Gasteiger charge is -2.22. The van der Waals surface area contributed by atoms with Gasteiger partial charge in [0, 0.05) is 32.9 Å². The van der Waals surface area contributed by atoms with Crippen LogP contribution in [0.2, 0.25) is 0 Å². The van der Waals surface area contributed by atoms with E-state index in [1.54, 1.807) is 14.1 Å². The molecule has 2 rings (SSSR count). The molecule has 2 N–H and O–H groups in total. The molecule has 1 fully saturated rings. The molecule has 1 aliphatic carbocycles. The first-order chi connectivity index (χ1) is 16.2. The summed E-state index contributed by atoms with van der Waals surface area (Å²) in [6.07, 6.45) is 6.27. The van der Waals surface area contributed by atoms with Crippen LogP contribution in [0.5, 0.6) is 0 Å². The van der Waals surface area contributed by atoms with Gasteiger partial charge in [-0.25, -0.2) is 19.4 Å². The van der Waals surface area contributed by atoms with Crippen molar-refractivity contribution in [2.24, 2.45) is 17.8 Å². The summed E-state index contributed by atoms with van der Waals surface area (Å²) in [5, 5.41) is 12.9. The van der Waals surface area contributed by atoms with Crippen molar-refractivity contribution in [2.75, 3.05) is 20.6 Å². The Morgan fingerprint density at radius 3 is 2.38 bits per heavy atom. The highest BCUT2D eigenvalue weighted by atomic mass is 19.1. The number of carbonyl (C=O) groups excluding carboxylic acids is 3. The van der Waals surface area contributed by atoms with Gasteiger partial charge >= 0.3 is 0 Å². The molecule has 1 aromatic heterocycles. The van der Waals surface area contributed by atoms with Gasteiger partial charge in [-0.1, -0.05) is 39.5 Å². The Kier molecular flexibility index (Phi) is 10.8. The maximum atomic E-state index is 15.3. The van der Waals surface area contributed by atoms with Crippen molar-refractivity contribution in [1.82, 2.24) is 25.2 Å². The highest BCUT2D eigenvalue weighted by molar-refractivity contribution is 5.79. The Hall–Kier alpha value is -2.62. The lowest BCUT2D eigenvalue weighted by atomic mass is 9.92. The molecule has 190 valence electrons. The van der Waals surface area contributed by atoms with Gasteiger partial charge in [0.05, 0.1) is 30.4 Å². The highest BCUT2D eigenvalue weighted by Crippen LogP contribution is 2.30. The van der Waals surface area contributed by atoms with Crippen LogP contribution < -0.4 is 5.32 Å². The molecule has 0 spiro atoms. The minimum Gasteiger partial charge on any atom is -0.350 e. The van der Waals surface area contributed by atoms with Gasteiger partial charge in [-0.2, -0.15) is 0 Å². The summed E-state index contributed by atoms with van der Waals surface area (Å²) in [4.78, 5) is 46.3. The molecule has 0 bridgehead atoms. The third-order valence-corrected chi connectivity index (χ3v) is 6.50. The average Bonchev–Trinajstić information content (AvgIpc) is 3.34. The van der Waals surface area contributed by atoms with E-state index >= 15 is 4.39 Å². The molecule has 10 heteroatoms. The van der Waals surface area contributed by atoms with Crippen LogP contribution in [0.3, 0.4) is 0 Å². The zero-order valence-electron chi connectivity index (χ0n) is 20.7. The van der Waals surface area contributed by atoms with Crippen molar-refractivity contribution >= 4 is 18.2 Å². The Morgan fingerprint density at radius 1 is 1.18 bits per heavy atom. The molecular weight excluding hydrogens is 441 g/mol. The molecule has 0 aliphatic heterocycles. The number of hydrogen-bond acceptors (Lipinski definition) is 6. The molecule has 1 aliphatic rings. The number of aryl methyl sites for hydroxylation is 1.